The van der Waals surface area contributed by atoms with Crippen LogP contribution in [0.25, 0.3) is 0 Å². The number of nitro benzene ring substituents is 1. The molecule has 1 aromatic carbocycles. The van der Waals surface area contributed by atoms with E-state index < -0.39 is 4.92 Å². The minimum atomic E-state index is -0.479. The molecule has 7 heteroatoms. The molecule has 2 aromatic rings. The van der Waals surface area contributed by atoms with Gasteiger partial charge in [-0.3, -0.25) is 10.1 Å². The summed E-state index contributed by atoms with van der Waals surface area (Å²) < 4.78 is 0.974. The number of nitrogen functional groups attached to an aromatic ring is 1. The normalized spacial score (nSPS) is 10.4. The van der Waals surface area contributed by atoms with Gasteiger partial charge in [0.2, 0.25) is 0 Å². The van der Waals surface area contributed by atoms with Crippen LogP contribution in [0.1, 0.15) is 5.56 Å². The Morgan fingerprint density at radius 2 is 2.35 bits per heavy atom. The van der Waals surface area contributed by atoms with Gasteiger partial charge in [-0.05, 0) is 11.6 Å². The number of benzene rings is 1. The summed E-state index contributed by atoms with van der Waals surface area (Å²) in [7, 11) is 0. The molecule has 2 N–H and O–H groups in total. The topological polar surface area (TPSA) is 82.0 Å². The smallest absolute Gasteiger partial charge is 0.292 e. The van der Waals surface area contributed by atoms with Gasteiger partial charge < -0.3 is 5.73 Å². The molecule has 0 bridgehead atoms. The second kappa shape index (κ2) is 5.15. The number of anilines is 1. The van der Waals surface area contributed by atoms with Gasteiger partial charge in [-0.1, -0.05) is 17.8 Å². The zero-order valence-corrected chi connectivity index (χ0v) is 10.3. The lowest BCUT2D eigenvalue weighted by Gasteiger charge is -2.01. The number of aromatic nitrogens is 1. The second-order valence-electron chi connectivity index (χ2n) is 3.24. The molecule has 0 radical (unpaired) electrons. The van der Waals surface area contributed by atoms with Crippen LogP contribution in [0.3, 0.4) is 0 Å². The molecule has 0 saturated carbocycles. The third kappa shape index (κ3) is 2.95. The summed E-state index contributed by atoms with van der Waals surface area (Å²) in [5.41, 5.74) is 6.71. The molecular weight excluding hydrogens is 258 g/mol. The van der Waals surface area contributed by atoms with Crippen molar-refractivity contribution in [2.24, 2.45) is 0 Å². The molecule has 0 aliphatic carbocycles. The summed E-state index contributed by atoms with van der Waals surface area (Å²) in [4.78, 5) is 14.3. The van der Waals surface area contributed by atoms with E-state index in [0.717, 1.165) is 9.90 Å². The third-order valence-electron chi connectivity index (χ3n) is 2.06. The number of hydrogen-bond acceptors (Lipinski definition) is 6. The number of nitrogens with zero attached hydrogens (tertiary/aromatic N) is 2. The van der Waals surface area contributed by atoms with E-state index in [9.17, 15) is 10.1 Å². The van der Waals surface area contributed by atoms with Gasteiger partial charge in [-0.2, -0.15) is 0 Å². The fourth-order valence-corrected chi connectivity index (χ4v) is 2.87. The maximum absolute atomic E-state index is 10.6. The molecule has 0 spiro atoms. The van der Waals surface area contributed by atoms with Crippen LogP contribution in [-0.4, -0.2) is 9.91 Å². The van der Waals surface area contributed by atoms with Gasteiger partial charge in [-0.15, -0.1) is 11.3 Å². The summed E-state index contributed by atoms with van der Waals surface area (Å²) in [6, 6.07) is 4.79. The molecule has 88 valence electrons. The van der Waals surface area contributed by atoms with Crippen molar-refractivity contribution in [1.82, 2.24) is 4.98 Å². The Labute approximate surface area is 106 Å². The van der Waals surface area contributed by atoms with Crippen molar-refractivity contribution in [3.8, 4) is 0 Å². The van der Waals surface area contributed by atoms with Crippen LogP contribution in [0.4, 0.5) is 11.4 Å². The summed E-state index contributed by atoms with van der Waals surface area (Å²) in [6.45, 7) is 0. The predicted molar refractivity (Wildman–Crippen MR) is 69.2 cm³/mol. The van der Waals surface area contributed by atoms with E-state index in [0.29, 0.717) is 5.75 Å². The molecule has 0 unspecified atom stereocenters. The maximum Gasteiger partial charge on any atom is 0.292 e. The molecule has 0 atom stereocenters. The quantitative estimate of drug-likeness (QED) is 0.398. The van der Waals surface area contributed by atoms with Crippen LogP contribution in [0.2, 0.25) is 0 Å². The Morgan fingerprint density at radius 3 is 2.94 bits per heavy atom. The highest BCUT2D eigenvalue weighted by atomic mass is 32.2. The summed E-state index contributed by atoms with van der Waals surface area (Å²) in [5.74, 6) is 0.704. The van der Waals surface area contributed by atoms with Crippen LogP contribution in [0, 0.1) is 10.1 Å². The zero-order valence-electron chi connectivity index (χ0n) is 8.70. The summed E-state index contributed by atoms with van der Waals surface area (Å²) >= 11 is 3.15. The van der Waals surface area contributed by atoms with Gasteiger partial charge in [0.05, 0.1) is 4.92 Å². The van der Waals surface area contributed by atoms with E-state index in [1.165, 1.54) is 6.07 Å². The molecule has 0 amide bonds. The number of thiazole rings is 1. The lowest BCUT2D eigenvalue weighted by Crippen LogP contribution is -1.96. The van der Waals surface area contributed by atoms with E-state index >= 15 is 0 Å². The lowest BCUT2D eigenvalue weighted by molar-refractivity contribution is -0.383. The van der Waals surface area contributed by atoms with Gasteiger partial charge in [0.1, 0.15) is 10.0 Å². The first-order chi connectivity index (χ1) is 8.16. The molecule has 0 aliphatic heterocycles. The van der Waals surface area contributed by atoms with Crippen molar-refractivity contribution < 1.29 is 4.92 Å². The number of hydrogen-bond donors (Lipinski definition) is 1. The van der Waals surface area contributed by atoms with E-state index in [-0.39, 0.29) is 11.4 Å². The molecule has 1 heterocycles. The fourth-order valence-electron chi connectivity index (χ4n) is 1.29. The Morgan fingerprint density at radius 1 is 1.53 bits per heavy atom. The molecule has 0 fully saturated rings. The first kappa shape index (κ1) is 11.9. The predicted octanol–water partition coefficient (Wildman–Crippen LogP) is 2.93. The SMILES string of the molecule is Nc1cc(CSc2nccs2)ccc1[N+](=O)[O-]. The molecule has 5 nitrogen and oxygen atoms in total. The van der Waals surface area contributed by atoms with E-state index in [2.05, 4.69) is 4.98 Å². The summed E-state index contributed by atoms with van der Waals surface area (Å²) in [6.07, 6.45) is 1.75. The van der Waals surface area contributed by atoms with Gasteiger partial charge in [0, 0.05) is 23.4 Å². The van der Waals surface area contributed by atoms with Gasteiger partial charge in [0.25, 0.3) is 5.69 Å². The van der Waals surface area contributed by atoms with Gasteiger partial charge in [0.15, 0.2) is 0 Å². The Bertz CT molecular complexity index is 528. The highest BCUT2D eigenvalue weighted by Crippen LogP contribution is 2.28. The standard InChI is InChI=1S/C10H9N3O2S2/c11-8-5-7(1-2-9(8)13(14)15)6-17-10-12-3-4-16-10/h1-5H,6,11H2. The number of nitro groups is 1. The first-order valence-corrected chi connectivity index (χ1v) is 6.58. The number of rotatable bonds is 4. The van der Waals surface area contributed by atoms with Crippen LogP contribution in [0.5, 0.6) is 0 Å². The van der Waals surface area contributed by atoms with Crippen molar-refractivity contribution in [1.29, 1.82) is 0 Å². The highest BCUT2D eigenvalue weighted by Gasteiger charge is 2.11. The Balaban J connectivity index is 2.07. The van der Waals surface area contributed by atoms with Gasteiger partial charge >= 0.3 is 0 Å². The van der Waals surface area contributed by atoms with Crippen LogP contribution < -0.4 is 5.73 Å². The third-order valence-corrected chi connectivity index (χ3v) is 4.10. The first-order valence-electron chi connectivity index (χ1n) is 4.72. The largest absolute Gasteiger partial charge is 0.393 e. The van der Waals surface area contributed by atoms with E-state index in [1.807, 2.05) is 5.38 Å². The average Bonchev–Trinajstić information content (AvgIpc) is 2.78. The minimum Gasteiger partial charge on any atom is -0.393 e. The van der Waals surface area contributed by atoms with Crippen molar-refractivity contribution >= 4 is 34.5 Å². The minimum absolute atomic E-state index is 0.0481. The molecular formula is C10H9N3O2S2. The fraction of sp³-hybridized carbons (Fsp3) is 0.100. The van der Waals surface area contributed by atoms with Crippen molar-refractivity contribution in [2.45, 2.75) is 10.1 Å². The van der Waals surface area contributed by atoms with Crippen molar-refractivity contribution in [3.05, 3.63) is 45.5 Å². The molecule has 1 aromatic heterocycles. The van der Waals surface area contributed by atoms with Crippen molar-refractivity contribution in [2.75, 3.05) is 5.73 Å². The molecule has 0 saturated heterocycles. The van der Waals surface area contributed by atoms with Crippen molar-refractivity contribution in [3.63, 3.8) is 0 Å². The Hall–Kier alpha value is -1.60. The lowest BCUT2D eigenvalue weighted by atomic mass is 10.2. The van der Waals surface area contributed by atoms with Crippen LogP contribution in [0.15, 0.2) is 34.1 Å². The number of thioether (sulfide) groups is 1. The monoisotopic (exact) mass is 267 g/mol. The summed E-state index contributed by atoms with van der Waals surface area (Å²) in [5, 5.41) is 12.5. The second-order valence-corrected chi connectivity index (χ2v) is 5.35. The number of nitrogens with two attached hydrogens (primary N) is 1. The molecule has 0 aliphatic rings. The zero-order chi connectivity index (χ0) is 12.3. The van der Waals surface area contributed by atoms with Gasteiger partial charge in [-0.25, -0.2) is 4.98 Å². The Kier molecular flexibility index (Phi) is 3.60. The average molecular weight is 267 g/mol. The maximum atomic E-state index is 10.6. The van der Waals surface area contributed by atoms with E-state index in [1.54, 1.807) is 41.4 Å². The van der Waals surface area contributed by atoms with Crippen LogP contribution >= 0.6 is 23.1 Å². The molecule has 17 heavy (non-hydrogen) atoms. The molecule has 2 rings (SSSR count). The van der Waals surface area contributed by atoms with Crippen LogP contribution in [-0.2, 0) is 5.75 Å². The highest BCUT2D eigenvalue weighted by molar-refractivity contribution is 8.00. The van der Waals surface area contributed by atoms with E-state index in [4.69, 9.17) is 5.73 Å².